The molecule has 0 atom stereocenters. The highest BCUT2D eigenvalue weighted by Gasteiger charge is 2.39. The summed E-state index contributed by atoms with van der Waals surface area (Å²) in [7, 11) is 2.84. The number of alkyl halides is 3. The van der Waals surface area contributed by atoms with Crippen LogP contribution in [0.1, 0.15) is 10.4 Å². The molecule has 136 valence electrons. The maximum absolute atomic E-state index is 12.8. The molecule has 1 aliphatic rings. The predicted molar refractivity (Wildman–Crippen MR) is 87.1 cm³/mol. The van der Waals surface area contributed by atoms with Crippen LogP contribution in [0.5, 0.6) is 0 Å². The van der Waals surface area contributed by atoms with Crippen LogP contribution in [0, 0.1) is 0 Å². The second kappa shape index (κ2) is 7.12. The lowest BCUT2D eigenvalue weighted by molar-refractivity contribution is -0.151. The van der Waals surface area contributed by atoms with Gasteiger partial charge in [0.15, 0.2) is 0 Å². The van der Waals surface area contributed by atoms with E-state index in [0.717, 1.165) is 14.7 Å². The summed E-state index contributed by atoms with van der Waals surface area (Å²) in [5.74, 6) is -2.25. The van der Waals surface area contributed by atoms with Crippen molar-refractivity contribution < 1.29 is 27.6 Å². The van der Waals surface area contributed by atoms with E-state index in [9.17, 15) is 27.6 Å². The number of amides is 2. The highest BCUT2D eigenvalue weighted by atomic mass is 79.9. The van der Waals surface area contributed by atoms with Gasteiger partial charge in [0.25, 0.3) is 5.78 Å². The summed E-state index contributed by atoms with van der Waals surface area (Å²) < 4.78 is 39.0. The van der Waals surface area contributed by atoms with Gasteiger partial charge in [0.1, 0.15) is 0 Å². The van der Waals surface area contributed by atoms with Crippen molar-refractivity contribution in [2.75, 3.05) is 38.8 Å². The quantitative estimate of drug-likeness (QED) is 0.681. The Morgan fingerprint density at radius 1 is 1.24 bits per heavy atom. The van der Waals surface area contributed by atoms with Gasteiger partial charge in [-0.15, -0.1) is 0 Å². The standard InChI is InChI=1S/C15H15BrF3N3O3/c1-20(2)12(23)6-21(7-15(17,18)19)8-22-11-5-9(16)3-4-10(11)13(24)14(22)25/h3-5H,6-8H2,1-2H3. The number of rotatable bonds is 5. The lowest BCUT2D eigenvalue weighted by Crippen LogP contribution is -2.48. The molecule has 0 aromatic heterocycles. The number of fused-ring (bicyclic) bond motifs is 1. The van der Waals surface area contributed by atoms with Gasteiger partial charge in [-0.2, -0.15) is 13.2 Å². The fourth-order valence-electron chi connectivity index (χ4n) is 2.35. The molecule has 0 fully saturated rings. The van der Waals surface area contributed by atoms with Crippen LogP contribution in [0.2, 0.25) is 0 Å². The zero-order valence-electron chi connectivity index (χ0n) is 13.4. The maximum atomic E-state index is 12.8. The largest absolute Gasteiger partial charge is 0.401 e. The minimum absolute atomic E-state index is 0.124. The molecule has 1 heterocycles. The Kier molecular flexibility index (Phi) is 5.52. The first-order valence-corrected chi connectivity index (χ1v) is 7.94. The van der Waals surface area contributed by atoms with Crippen molar-refractivity contribution in [1.82, 2.24) is 9.80 Å². The van der Waals surface area contributed by atoms with Gasteiger partial charge >= 0.3 is 12.1 Å². The van der Waals surface area contributed by atoms with E-state index in [1.165, 1.54) is 26.2 Å². The van der Waals surface area contributed by atoms with Crippen LogP contribution in [-0.4, -0.2) is 67.4 Å². The van der Waals surface area contributed by atoms with Crippen LogP contribution in [0.3, 0.4) is 0 Å². The van der Waals surface area contributed by atoms with Crippen LogP contribution < -0.4 is 4.90 Å². The van der Waals surface area contributed by atoms with Crippen LogP contribution in [0.15, 0.2) is 22.7 Å². The molecule has 0 radical (unpaired) electrons. The molecule has 1 aromatic rings. The average Bonchev–Trinajstić information content (AvgIpc) is 2.70. The van der Waals surface area contributed by atoms with Crippen molar-refractivity contribution in [3.05, 3.63) is 28.2 Å². The fraction of sp³-hybridized carbons (Fsp3) is 0.400. The van der Waals surface area contributed by atoms with Gasteiger partial charge in [0, 0.05) is 18.6 Å². The third-order valence-corrected chi connectivity index (χ3v) is 4.03. The predicted octanol–water partition coefficient (Wildman–Crippen LogP) is 1.89. The Balaban J connectivity index is 2.29. The summed E-state index contributed by atoms with van der Waals surface area (Å²) in [6.07, 6.45) is -4.56. The number of hydrogen-bond acceptors (Lipinski definition) is 4. The van der Waals surface area contributed by atoms with E-state index >= 15 is 0 Å². The Bertz CT molecular complexity index is 722. The highest BCUT2D eigenvalue weighted by molar-refractivity contribution is 9.10. The Hall–Kier alpha value is -1.94. The summed E-state index contributed by atoms with van der Waals surface area (Å²) in [6.45, 7) is -2.44. The maximum Gasteiger partial charge on any atom is 0.401 e. The number of likely N-dealkylation sites (N-methyl/N-ethyl adjacent to an activating group) is 1. The van der Waals surface area contributed by atoms with Crippen molar-refractivity contribution in [1.29, 1.82) is 0 Å². The van der Waals surface area contributed by atoms with Crippen molar-refractivity contribution in [2.45, 2.75) is 6.18 Å². The Morgan fingerprint density at radius 2 is 1.88 bits per heavy atom. The monoisotopic (exact) mass is 421 g/mol. The van der Waals surface area contributed by atoms with Gasteiger partial charge in [-0.05, 0) is 18.2 Å². The summed E-state index contributed by atoms with van der Waals surface area (Å²) in [6, 6.07) is 4.48. The normalized spacial score (nSPS) is 14.3. The van der Waals surface area contributed by atoms with Crippen LogP contribution in [0.4, 0.5) is 18.9 Å². The van der Waals surface area contributed by atoms with E-state index in [1.807, 2.05) is 0 Å². The topological polar surface area (TPSA) is 60.9 Å². The summed E-state index contributed by atoms with van der Waals surface area (Å²) in [5, 5.41) is 0. The first-order valence-electron chi connectivity index (χ1n) is 7.14. The molecular formula is C15H15BrF3N3O3. The van der Waals surface area contributed by atoms with Crippen LogP contribution >= 0.6 is 15.9 Å². The molecule has 2 rings (SSSR count). The second-order valence-corrected chi connectivity index (χ2v) is 6.67. The number of carbonyl (C=O) groups is 3. The molecule has 0 unspecified atom stereocenters. The number of Topliss-reactive ketones (excluding diaryl/α,β-unsaturated/α-hetero) is 1. The first-order chi connectivity index (χ1) is 11.5. The van der Waals surface area contributed by atoms with Gasteiger partial charge in [0.05, 0.1) is 31.0 Å². The molecular weight excluding hydrogens is 407 g/mol. The third kappa shape index (κ3) is 4.57. The van der Waals surface area contributed by atoms with Crippen molar-refractivity contribution in [3.8, 4) is 0 Å². The first kappa shape index (κ1) is 19.4. The van der Waals surface area contributed by atoms with E-state index in [2.05, 4.69) is 15.9 Å². The van der Waals surface area contributed by atoms with Gasteiger partial charge < -0.3 is 4.90 Å². The second-order valence-electron chi connectivity index (χ2n) is 5.76. The summed E-state index contributed by atoms with van der Waals surface area (Å²) in [5.41, 5.74) is 0.341. The molecule has 1 aromatic carbocycles. The number of anilines is 1. The van der Waals surface area contributed by atoms with Crippen molar-refractivity contribution in [3.63, 3.8) is 0 Å². The van der Waals surface area contributed by atoms with E-state index in [1.54, 1.807) is 6.07 Å². The fourth-order valence-corrected chi connectivity index (χ4v) is 2.70. The smallest absolute Gasteiger partial charge is 0.348 e. The molecule has 0 saturated carbocycles. The van der Waals surface area contributed by atoms with Crippen molar-refractivity contribution >= 4 is 39.2 Å². The number of halogens is 4. The molecule has 0 spiro atoms. The van der Waals surface area contributed by atoms with Gasteiger partial charge in [-0.25, -0.2) is 0 Å². The molecule has 1 aliphatic heterocycles. The average molecular weight is 422 g/mol. The third-order valence-electron chi connectivity index (χ3n) is 3.54. The number of hydrogen-bond donors (Lipinski definition) is 0. The zero-order chi connectivity index (χ0) is 18.9. The zero-order valence-corrected chi connectivity index (χ0v) is 15.0. The lowest BCUT2D eigenvalue weighted by Gasteiger charge is -2.29. The Labute approximate surface area is 150 Å². The van der Waals surface area contributed by atoms with E-state index in [-0.39, 0.29) is 11.3 Å². The van der Waals surface area contributed by atoms with Gasteiger partial charge in [-0.1, -0.05) is 15.9 Å². The number of ketones is 1. The minimum atomic E-state index is -4.56. The van der Waals surface area contributed by atoms with E-state index < -0.39 is 43.5 Å². The van der Waals surface area contributed by atoms with E-state index in [0.29, 0.717) is 4.47 Å². The number of nitrogens with zero attached hydrogens (tertiary/aromatic N) is 3. The molecule has 25 heavy (non-hydrogen) atoms. The van der Waals surface area contributed by atoms with E-state index in [4.69, 9.17) is 0 Å². The molecule has 10 heteroatoms. The minimum Gasteiger partial charge on any atom is -0.348 e. The molecule has 0 saturated heterocycles. The van der Waals surface area contributed by atoms with Crippen molar-refractivity contribution in [2.24, 2.45) is 0 Å². The summed E-state index contributed by atoms with van der Waals surface area (Å²) >= 11 is 3.20. The number of carbonyl (C=O) groups excluding carboxylic acids is 3. The molecule has 0 aliphatic carbocycles. The lowest BCUT2D eigenvalue weighted by atomic mass is 10.1. The van der Waals surface area contributed by atoms with Crippen LogP contribution in [-0.2, 0) is 9.59 Å². The van der Waals surface area contributed by atoms with Crippen LogP contribution in [0.25, 0.3) is 0 Å². The molecule has 2 amide bonds. The molecule has 6 nitrogen and oxygen atoms in total. The number of benzene rings is 1. The Morgan fingerprint density at radius 3 is 2.44 bits per heavy atom. The van der Waals surface area contributed by atoms with Gasteiger partial charge in [-0.3, -0.25) is 24.2 Å². The van der Waals surface area contributed by atoms with Gasteiger partial charge in [0.2, 0.25) is 5.91 Å². The SMILES string of the molecule is CN(C)C(=O)CN(CN1C(=O)C(=O)c2ccc(Br)cc21)CC(F)(F)F. The summed E-state index contributed by atoms with van der Waals surface area (Å²) in [4.78, 5) is 38.8. The molecule has 0 N–H and O–H groups in total. The highest BCUT2D eigenvalue weighted by Crippen LogP contribution is 2.32. The molecule has 0 bridgehead atoms.